The van der Waals surface area contributed by atoms with E-state index in [4.69, 9.17) is 21.1 Å². The fraction of sp³-hybridized carbons (Fsp3) is 0.562. The number of carbonyl (C=O) groups excluding carboxylic acids is 1. The molecule has 1 saturated heterocycles. The standard InChI is InChI=1S/C16H20ClNO3/c1-16(2,3)21-15(19)18-8-11-6-10-7-12(17)4-5-13(10)20-14(11)9-18/h4-5,7,11,14H,6,8-9H2,1-3H3/t11-,14+/m1/s1. The van der Waals surface area contributed by atoms with Crippen molar-refractivity contribution in [2.75, 3.05) is 13.1 Å². The van der Waals surface area contributed by atoms with Gasteiger partial charge in [-0.05, 0) is 51.0 Å². The molecule has 0 aromatic heterocycles. The predicted molar refractivity (Wildman–Crippen MR) is 80.9 cm³/mol. The number of halogens is 1. The number of likely N-dealkylation sites (tertiary alicyclic amines) is 1. The summed E-state index contributed by atoms with van der Waals surface area (Å²) in [6.07, 6.45) is 0.675. The topological polar surface area (TPSA) is 38.8 Å². The van der Waals surface area contributed by atoms with E-state index in [1.54, 1.807) is 4.90 Å². The second-order valence-electron chi connectivity index (χ2n) is 6.76. The van der Waals surface area contributed by atoms with Crippen molar-refractivity contribution in [1.29, 1.82) is 0 Å². The van der Waals surface area contributed by atoms with E-state index in [9.17, 15) is 4.79 Å². The number of hydrogen-bond acceptors (Lipinski definition) is 3. The molecule has 0 bridgehead atoms. The molecular formula is C16H20ClNO3. The first-order valence-corrected chi connectivity index (χ1v) is 7.62. The molecule has 0 N–H and O–H groups in total. The van der Waals surface area contributed by atoms with Crippen LogP contribution in [-0.2, 0) is 11.2 Å². The summed E-state index contributed by atoms with van der Waals surface area (Å²) in [7, 11) is 0. The Morgan fingerprint density at radius 2 is 2.14 bits per heavy atom. The van der Waals surface area contributed by atoms with Gasteiger partial charge in [-0.15, -0.1) is 0 Å². The van der Waals surface area contributed by atoms with Gasteiger partial charge in [-0.1, -0.05) is 11.6 Å². The van der Waals surface area contributed by atoms with Crippen molar-refractivity contribution >= 4 is 17.7 Å². The number of benzene rings is 1. The van der Waals surface area contributed by atoms with Crippen molar-refractivity contribution in [2.24, 2.45) is 5.92 Å². The summed E-state index contributed by atoms with van der Waals surface area (Å²) >= 11 is 6.03. The Balaban J connectivity index is 1.70. The van der Waals surface area contributed by atoms with Gasteiger partial charge in [0, 0.05) is 17.5 Å². The molecule has 21 heavy (non-hydrogen) atoms. The second-order valence-corrected chi connectivity index (χ2v) is 7.19. The summed E-state index contributed by atoms with van der Waals surface area (Å²) in [5, 5.41) is 0.720. The van der Waals surface area contributed by atoms with Crippen molar-refractivity contribution in [3.8, 4) is 5.75 Å². The molecule has 0 spiro atoms. The highest BCUT2D eigenvalue weighted by atomic mass is 35.5. The third-order valence-electron chi connectivity index (χ3n) is 3.82. The summed E-state index contributed by atoms with van der Waals surface area (Å²) < 4.78 is 11.4. The van der Waals surface area contributed by atoms with Crippen molar-refractivity contribution < 1.29 is 14.3 Å². The maximum Gasteiger partial charge on any atom is 0.410 e. The van der Waals surface area contributed by atoms with Gasteiger partial charge in [0.25, 0.3) is 0 Å². The molecule has 1 fully saturated rings. The SMILES string of the molecule is CC(C)(C)OC(=O)N1C[C@H]2Cc3cc(Cl)ccc3O[C@H]2C1. The number of nitrogens with zero attached hydrogens (tertiary/aromatic N) is 1. The van der Waals surface area contributed by atoms with Crippen LogP contribution in [0.1, 0.15) is 26.3 Å². The fourth-order valence-corrected chi connectivity index (χ4v) is 3.11. The molecule has 4 nitrogen and oxygen atoms in total. The van der Waals surface area contributed by atoms with Gasteiger partial charge >= 0.3 is 6.09 Å². The molecule has 0 saturated carbocycles. The molecule has 1 amide bonds. The Hall–Kier alpha value is -1.42. The van der Waals surface area contributed by atoms with E-state index in [2.05, 4.69) is 0 Å². The number of amides is 1. The number of carbonyl (C=O) groups is 1. The lowest BCUT2D eigenvalue weighted by Crippen LogP contribution is -2.36. The zero-order valence-electron chi connectivity index (χ0n) is 12.6. The van der Waals surface area contributed by atoms with E-state index in [-0.39, 0.29) is 12.2 Å². The highest BCUT2D eigenvalue weighted by molar-refractivity contribution is 6.30. The van der Waals surface area contributed by atoms with E-state index in [1.807, 2.05) is 39.0 Å². The summed E-state index contributed by atoms with van der Waals surface area (Å²) in [5.74, 6) is 1.19. The molecule has 2 aliphatic heterocycles. The van der Waals surface area contributed by atoms with Crippen LogP contribution in [-0.4, -0.2) is 35.8 Å². The van der Waals surface area contributed by atoms with Crippen LogP contribution in [0.4, 0.5) is 4.79 Å². The van der Waals surface area contributed by atoms with E-state index >= 15 is 0 Å². The Bertz CT molecular complexity index is 567. The lowest BCUT2D eigenvalue weighted by molar-refractivity contribution is 0.0275. The summed E-state index contributed by atoms with van der Waals surface area (Å²) in [6, 6.07) is 5.69. The van der Waals surface area contributed by atoms with Gasteiger partial charge in [0.2, 0.25) is 0 Å². The lowest BCUT2D eigenvalue weighted by atomic mass is 9.93. The van der Waals surface area contributed by atoms with Crippen molar-refractivity contribution in [3.05, 3.63) is 28.8 Å². The molecule has 3 rings (SSSR count). The number of ether oxygens (including phenoxy) is 2. The third kappa shape index (κ3) is 3.10. The summed E-state index contributed by atoms with van der Waals surface area (Å²) in [4.78, 5) is 13.9. The molecule has 0 unspecified atom stereocenters. The Morgan fingerprint density at radius 1 is 1.38 bits per heavy atom. The van der Waals surface area contributed by atoms with Crippen LogP contribution in [0.25, 0.3) is 0 Å². The van der Waals surface area contributed by atoms with E-state index in [0.29, 0.717) is 19.0 Å². The first kappa shape index (κ1) is 14.5. The normalized spacial score (nSPS) is 24.1. The monoisotopic (exact) mass is 309 g/mol. The molecule has 2 atom stereocenters. The van der Waals surface area contributed by atoms with Crippen LogP contribution in [0.5, 0.6) is 5.75 Å². The highest BCUT2D eigenvalue weighted by Crippen LogP contribution is 2.36. The van der Waals surface area contributed by atoms with Gasteiger partial charge in [0.1, 0.15) is 17.5 Å². The highest BCUT2D eigenvalue weighted by Gasteiger charge is 2.41. The van der Waals surface area contributed by atoms with Gasteiger partial charge < -0.3 is 14.4 Å². The van der Waals surface area contributed by atoms with Crippen LogP contribution in [0, 0.1) is 5.92 Å². The van der Waals surface area contributed by atoms with Gasteiger partial charge in [-0.25, -0.2) is 4.79 Å². The first-order chi connectivity index (χ1) is 9.82. The van der Waals surface area contributed by atoms with Gasteiger partial charge in [-0.2, -0.15) is 0 Å². The smallest absolute Gasteiger partial charge is 0.410 e. The van der Waals surface area contributed by atoms with Gasteiger partial charge in [0.15, 0.2) is 0 Å². The van der Waals surface area contributed by atoms with Crippen molar-refractivity contribution in [3.63, 3.8) is 0 Å². The van der Waals surface area contributed by atoms with Crippen molar-refractivity contribution in [1.82, 2.24) is 4.90 Å². The molecule has 2 aliphatic rings. The maximum atomic E-state index is 12.2. The average Bonchev–Trinajstić information content (AvgIpc) is 2.76. The quantitative estimate of drug-likeness (QED) is 0.736. The Labute approximate surface area is 130 Å². The molecule has 0 aliphatic carbocycles. The number of hydrogen-bond donors (Lipinski definition) is 0. The van der Waals surface area contributed by atoms with Crippen LogP contribution in [0.3, 0.4) is 0 Å². The zero-order valence-corrected chi connectivity index (χ0v) is 13.3. The summed E-state index contributed by atoms with van der Waals surface area (Å²) in [6.45, 7) is 6.89. The molecule has 5 heteroatoms. The molecular weight excluding hydrogens is 290 g/mol. The molecule has 2 heterocycles. The summed E-state index contributed by atoms with van der Waals surface area (Å²) in [5.41, 5.74) is 0.650. The number of fused-ring (bicyclic) bond motifs is 2. The lowest BCUT2D eigenvalue weighted by Gasteiger charge is -2.27. The largest absolute Gasteiger partial charge is 0.488 e. The van der Waals surface area contributed by atoms with Crippen LogP contribution in [0.15, 0.2) is 18.2 Å². The van der Waals surface area contributed by atoms with Crippen LogP contribution < -0.4 is 4.74 Å². The zero-order chi connectivity index (χ0) is 15.2. The fourth-order valence-electron chi connectivity index (χ4n) is 2.91. The van der Waals surface area contributed by atoms with Crippen LogP contribution >= 0.6 is 11.6 Å². The second kappa shape index (κ2) is 5.09. The Kier molecular flexibility index (Phi) is 3.52. The van der Waals surface area contributed by atoms with Crippen molar-refractivity contribution in [2.45, 2.75) is 38.9 Å². The molecule has 1 aromatic rings. The first-order valence-electron chi connectivity index (χ1n) is 7.25. The maximum absolute atomic E-state index is 12.2. The Morgan fingerprint density at radius 3 is 2.86 bits per heavy atom. The minimum atomic E-state index is -0.470. The molecule has 1 aromatic carbocycles. The van der Waals surface area contributed by atoms with Gasteiger partial charge in [-0.3, -0.25) is 0 Å². The minimum absolute atomic E-state index is 0.0474. The van der Waals surface area contributed by atoms with E-state index in [1.165, 1.54) is 0 Å². The van der Waals surface area contributed by atoms with E-state index in [0.717, 1.165) is 22.8 Å². The minimum Gasteiger partial charge on any atom is -0.488 e. The van der Waals surface area contributed by atoms with Gasteiger partial charge in [0.05, 0.1) is 6.54 Å². The number of rotatable bonds is 0. The van der Waals surface area contributed by atoms with E-state index < -0.39 is 5.60 Å². The average molecular weight is 310 g/mol. The predicted octanol–water partition coefficient (Wildman–Crippen LogP) is 3.51. The molecule has 114 valence electrons. The van der Waals surface area contributed by atoms with Crippen LogP contribution in [0.2, 0.25) is 5.02 Å². The third-order valence-corrected chi connectivity index (χ3v) is 4.05. The molecule has 0 radical (unpaired) electrons.